The van der Waals surface area contributed by atoms with E-state index in [1.54, 1.807) is 17.9 Å². The van der Waals surface area contributed by atoms with Crippen molar-refractivity contribution in [2.45, 2.75) is 45.3 Å². The van der Waals surface area contributed by atoms with Gasteiger partial charge in [0.25, 0.3) is 0 Å². The standard InChI is InChI=1S/C15H24N4O5S/c1-8(2)13(12-4-9(3)17-24-12)15(21)19-6-10(20)5-11(19)14-16-7-25(22,23)18-14/h4,8,10-11,13,20,22-23H,5-7H2,1-3H3,(H,16,18)/t10-,11+,13?/m1/s1. The number of aliphatic imine (C=N–C) groups is 1. The van der Waals surface area contributed by atoms with Crippen molar-refractivity contribution in [2.24, 2.45) is 10.9 Å². The molecular formula is C15H24N4O5S. The molecule has 0 radical (unpaired) electrons. The van der Waals surface area contributed by atoms with E-state index in [4.69, 9.17) is 4.52 Å². The number of aromatic nitrogens is 1. The van der Waals surface area contributed by atoms with Gasteiger partial charge < -0.3 is 14.5 Å². The summed E-state index contributed by atoms with van der Waals surface area (Å²) in [5, 5.41) is 13.9. The normalized spacial score (nSPS) is 28.0. The van der Waals surface area contributed by atoms with Crippen LogP contribution < -0.4 is 4.72 Å². The monoisotopic (exact) mass is 372 g/mol. The molecular weight excluding hydrogens is 348 g/mol. The SMILES string of the molecule is Cc1cc(C(C(=O)N2C[C@H](O)C[C@H]2C2=NCS(O)(O)N2)C(C)C)on1. The van der Waals surface area contributed by atoms with Gasteiger partial charge in [0.05, 0.1) is 17.8 Å². The average Bonchev–Trinajstić information content (AvgIpc) is 3.18. The summed E-state index contributed by atoms with van der Waals surface area (Å²) in [6.45, 7) is 5.80. The van der Waals surface area contributed by atoms with E-state index in [1.165, 1.54) is 0 Å². The van der Waals surface area contributed by atoms with E-state index >= 15 is 0 Å². The quantitative estimate of drug-likeness (QED) is 0.626. The van der Waals surface area contributed by atoms with E-state index in [0.29, 0.717) is 23.7 Å². The molecule has 3 heterocycles. The Bertz CT molecular complexity index is 689. The molecule has 1 unspecified atom stereocenters. The van der Waals surface area contributed by atoms with Crippen LogP contribution in [0, 0.1) is 12.8 Å². The highest BCUT2D eigenvalue weighted by Gasteiger charge is 2.44. The van der Waals surface area contributed by atoms with Crippen molar-refractivity contribution < 1.29 is 23.5 Å². The molecule has 3 atom stereocenters. The van der Waals surface area contributed by atoms with Gasteiger partial charge in [0.1, 0.15) is 23.4 Å². The second kappa shape index (κ2) is 6.60. The van der Waals surface area contributed by atoms with Crippen LogP contribution in [0.5, 0.6) is 0 Å². The largest absolute Gasteiger partial charge is 0.391 e. The highest BCUT2D eigenvalue weighted by atomic mass is 32.3. The number of nitrogens with one attached hydrogen (secondary N) is 1. The predicted octanol–water partition coefficient (Wildman–Crippen LogP) is 1.31. The fourth-order valence-electron chi connectivity index (χ4n) is 3.33. The highest BCUT2D eigenvalue weighted by Crippen LogP contribution is 2.39. The lowest BCUT2D eigenvalue weighted by Gasteiger charge is -2.31. The van der Waals surface area contributed by atoms with Gasteiger partial charge in [-0.1, -0.05) is 29.8 Å². The predicted molar refractivity (Wildman–Crippen MR) is 93.2 cm³/mol. The molecule has 140 valence electrons. The Balaban J connectivity index is 1.85. The number of rotatable bonds is 4. The number of nitrogens with zero attached hydrogens (tertiary/aromatic N) is 3. The molecule has 2 aliphatic rings. The Hall–Kier alpha value is -1.62. The first-order chi connectivity index (χ1) is 11.7. The molecule has 9 nitrogen and oxygen atoms in total. The van der Waals surface area contributed by atoms with Crippen LogP contribution in [0.15, 0.2) is 15.6 Å². The summed E-state index contributed by atoms with van der Waals surface area (Å²) >= 11 is 0. The smallest absolute Gasteiger partial charge is 0.234 e. The third-order valence-electron chi connectivity index (χ3n) is 4.45. The molecule has 0 saturated carbocycles. The fraction of sp³-hybridized carbons (Fsp3) is 0.667. The molecule has 1 aromatic heterocycles. The first-order valence-electron chi connectivity index (χ1n) is 8.17. The third-order valence-corrected chi connectivity index (χ3v) is 5.47. The number of likely N-dealkylation sites (tertiary alicyclic amines) is 1. The van der Waals surface area contributed by atoms with E-state index in [1.807, 2.05) is 13.8 Å². The van der Waals surface area contributed by atoms with Crippen molar-refractivity contribution in [2.75, 3.05) is 12.4 Å². The maximum Gasteiger partial charge on any atom is 0.234 e. The van der Waals surface area contributed by atoms with Crippen LogP contribution in [0.25, 0.3) is 0 Å². The minimum Gasteiger partial charge on any atom is -0.391 e. The molecule has 1 saturated heterocycles. The molecule has 0 aliphatic carbocycles. The van der Waals surface area contributed by atoms with Gasteiger partial charge in [0, 0.05) is 19.0 Å². The number of hydrogen-bond donors (Lipinski definition) is 4. The number of β-amino-alcohol motifs (C(OH)–C–C–N with tert-alkyl or cyclic N) is 1. The Morgan fingerprint density at radius 3 is 2.72 bits per heavy atom. The number of amides is 1. The van der Waals surface area contributed by atoms with E-state index < -0.39 is 28.8 Å². The lowest BCUT2D eigenvalue weighted by molar-refractivity contribution is -0.134. The fourth-order valence-corrected chi connectivity index (χ4v) is 4.24. The summed E-state index contributed by atoms with van der Waals surface area (Å²) < 4.78 is 27.3. The zero-order chi connectivity index (χ0) is 18.4. The number of aliphatic hydroxyl groups is 1. The summed E-state index contributed by atoms with van der Waals surface area (Å²) in [5.74, 6) is -0.0650. The zero-order valence-electron chi connectivity index (χ0n) is 14.4. The summed E-state index contributed by atoms with van der Waals surface area (Å²) in [6, 6.07) is 1.23. The molecule has 1 fully saturated rings. The van der Waals surface area contributed by atoms with Gasteiger partial charge >= 0.3 is 0 Å². The van der Waals surface area contributed by atoms with Gasteiger partial charge in [-0.15, -0.1) is 0 Å². The second-order valence-electron chi connectivity index (χ2n) is 6.93. The summed E-state index contributed by atoms with van der Waals surface area (Å²) in [7, 11) is -2.99. The van der Waals surface area contributed by atoms with Crippen molar-refractivity contribution in [1.82, 2.24) is 14.8 Å². The number of amidine groups is 1. The lowest BCUT2D eigenvalue weighted by Crippen LogP contribution is -2.47. The minimum absolute atomic E-state index is 0.0304. The molecule has 0 bridgehead atoms. The highest BCUT2D eigenvalue weighted by molar-refractivity contribution is 8.23. The van der Waals surface area contributed by atoms with Crippen LogP contribution in [-0.2, 0) is 4.79 Å². The molecule has 1 aromatic rings. The van der Waals surface area contributed by atoms with E-state index in [2.05, 4.69) is 14.9 Å². The zero-order valence-corrected chi connectivity index (χ0v) is 15.2. The van der Waals surface area contributed by atoms with Crippen molar-refractivity contribution in [3.05, 3.63) is 17.5 Å². The Labute approximate surface area is 147 Å². The van der Waals surface area contributed by atoms with E-state index in [0.717, 1.165) is 0 Å². The molecule has 25 heavy (non-hydrogen) atoms. The Morgan fingerprint density at radius 1 is 1.48 bits per heavy atom. The van der Waals surface area contributed by atoms with Crippen molar-refractivity contribution >= 4 is 22.5 Å². The Kier molecular flexibility index (Phi) is 4.80. The van der Waals surface area contributed by atoms with Crippen LogP contribution in [-0.4, -0.2) is 60.6 Å². The molecule has 1 amide bonds. The molecule has 3 rings (SSSR count). The number of aryl methyl sites for hydroxylation is 1. The maximum atomic E-state index is 13.2. The van der Waals surface area contributed by atoms with Gasteiger partial charge in [-0.05, 0) is 12.8 Å². The van der Waals surface area contributed by atoms with Crippen molar-refractivity contribution in [1.29, 1.82) is 0 Å². The van der Waals surface area contributed by atoms with Crippen molar-refractivity contribution in [3.8, 4) is 0 Å². The van der Waals surface area contributed by atoms with Crippen LogP contribution in [0.2, 0.25) is 0 Å². The number of aliphatic hydroxyl groups excluding tert-OH is 1. The van der Waals surface area contributed by atoms with Gasteiger partial charge in [-0.25, -0.2) is 4.99 Å². The maximum absolute atomic E-state index is 13.2. The summed E-state index contributed by atoms with van der Waals surface area (Å²) in [4.78, 5) is 18.9. The number of carbonyl (C=O) groups excluding carboxylic acids is 1. The average molecular weight is 372 g/mol. The first-order valence-corrected chi connectivity index (χ1v) is 9.89. The van der Waals surface area contributed by atoms with E-state index in [9.17, 15) is 19.0 Å². The molecule has 0 aromatic carbocycles. The topological polar surface area (TPSA) is 131 Å². The van der Waals surface area contributed by atoms with Gasteiger partial charge in [0.15, 0.2) is 0 Å². The third kappa shape index (κ3) is 3.66. The summed E-state index contributed by atoms with van der Waals surface area (Å²) in [5.41, 5.74) is 0.697. The summed E-state index contributed by atoms with van der Waals surface area (Å²) in [6.07, 6.45) is -0.391. The van der Waals surface area contributed by atoms with Gasteiger partial charge in [-0.2, -0.15) is 0 Å². The number of carbonyl (C=O) groups is 1. The minimum atomic E-state index is -2.99. The van der Waals surface area contributed by atoms with Crippen LogP contribution >= 0.6 is 10.8 Å². The molecule has 4 N–H and O–H groups in total. The van der Waals surface area contributed by atoms with Gasteiger partial charge in [-0.3, -0.25) is 18.6 Å². The van der Waals surface area contributed by atoms with Crippen LogP contribution in [0.4, 0.5) is 0 Å². The first kappa shape index (κ1) is 18.2. The molecule has 0 spiro atoms. The Morgan fingerprint density at radius 2 is 2.20 bits per heavy atom. The van der Waals surface area contributed by atoms with Crippen molar-refractivity contribution in [3.63, 3.8) is 0 Å². The molecule has 2 aliphatic heterocycles. The lowest BCUT2D eigenvalue weighted by atomic mass is 9.91. The van der Waals surface area contributed by atoms with Crippen LogP contribution in [0.1, 0.15) is 37.6 Å². The van der Waals surface area contributed by atoms with Crippen LogP contribution in [0.3, 0.4) is 0 Å². The van der Waals surface area contributed by atoms with E-state index in [-0.39, 0.29) is 24.2 Å². The van der Waals surface area contributed by atoms with Gasteiger partial charge in [0.2, 0.25) is 5.91 Å². The number of hydrogen-bond acceptors (Lipinski definition) is 8. The second-order valence-corrected chi connectivity index (χ2v) is 8.73. The molecule has 10 heteroatoms.